The first-order valence-electron chi connectivity index (χ1n) is 5.57. The van der Waals surface area contributed by atoms with Crippen molar-refractivity contribution < 1.29 is 17.9 Å². The van der Waals surface area contributed by atoms with Crippen LogP contribution in [0.25, 0.3) is 11.1 Å². The van der Waals surface area contributed by atoms with Crippen molar-refractivity contribution in [3.63, 3.8) is 0 Å². The highest BCUT2D eigenvalue weighted by molar-refractivity contribution is 5.70. The van der Waals surface area contributed by atoms with Gasteiger partial charge in [0, 0.05) is 5.69 Å². The summed E-state index contributed by atoms with van der Waals surface area (Å²) in [6, 6.07) is 11.2. The average Bonchev–Trinajstić information content (AvgIpc) is 2.28. The Kier molecular flexibility index (Phi) is 3.38. The molecule has 0 unspecified atom stereocenters. The minimum absolute atomic E-state index is 0.232. The quantitative estimate of drug-likeness (QED) is 0.830. The lowest BCUT2D eigenvalue weighted by Crippen LogP contribution is -2.16. The fourth-order valence-corrected chi connectivity index (χ4v) is 1.85. The van der Waals surface area contributed by atoms with Gasteiger partial charge in [0.1, 0.15) is 5.75 Å². The number of anilines is 1. The van der Waals surface area contributed by atoms with E-state index < -0.39 is 6.36 Å². The maximum Gasteiger partial charge on any atom is 0.573 e. The summed E-state index contributed by atoms with van der Waals surface area (Å²) in [4.78, 5) is 0. The van der Waals surface area contributed by atoms with Crippen LogP contribution in [0.1, 0.15) is 5.56 Å². The molecule has 0 atom stereocenters. The zero-order chi connectivity index (χ0) is 14.0. The van der Waals surface area contributed by atoms with Gasteiger partial charge in [-0.25, -0.2) is 0 Å². The molecule has 0 aliphatic heterocycles. The average molecular weight is 267 g/mol. The van der Waals surface area contributed by atoms with Crippen LogP contribution >= 0.6 is 0 Å². The number of hydrogen-bond donors (Lipinski definition) is 1. The molecule has 2 aromatic carbocycles. The van der Waals surface area contributed by atoms with Crippen LogP contribution in [0.2, 0.25) is 0 Å². The van der Waals surface area contributed by atoms with Gasteiger partial charge in [-0.05, 0) is 47.9 Å². The van der Waals surface area contributed by atoms with Crippen molar-refractivity contribution in [3.8, 4) is 16.9 Å². The number of halogens is 3. The molecular formula is C14H12F3NO. The fourth-order valence-electron chi connectivity index (χ4n) is 1.85. The van der Waals surface area contributed by atoms with Gasteiger partial charge in [0.25, 0.3) is 0 Å². The van der Waals surface area contributed by atoms with Crippen LogP contribution < -0.4 is 10.5 Å². The molecule has 0 bridgehead atoms. The van der Waals surface area contributed by atoms with E-state index in [-0.39, 0.29) is 5.75 Å². The molecule has 0 heterocycles. The van der Waals surface area contributed by atoms with E-state index in [9.17, 15) is 13.2 Å². The monoisotopic (exact) mass is 267 g/mol. The molecule has 0 aromatic heterocycles. The Hall–Kier alpha value is -2.17. The second-order valence-electron chi connectivity index (χ2n) is 4.15. The molecule has 0 aliphatic carbocycles. The Balaban J connectivity index is 2.27. The van der Waals surface area contributed by atoms with E-state index in [0.29, 0.717) is 5.69 Å². The Labute approximate surface area is 108 Å². The van der Waals surface area contributed by atoms with Crippen molar-refractivity contribution in [3.05, 3.63) is 48.0 Å². The molecule has 0 spiro atoms. The number of rotatable bonds is 2. The van der Waals surface area contributed by atoms with E-state index in [0.717, 1.165) is 16.7 Å². The summed E-state index contributed by atoms with van der Waals surface area (Å²) in [5.74, 6) is -0.232. The van der Waals surface area contributed by atoms with Gasteiger partial charge in [-0.1, -0.05) is 18.2 Å². The molecule has 0 amide bonds. The number of nitrogens with two attached hydrogens (primary N) is 1. The summed E-state index contributed by atoms with van der Waals surface area (Å²) < 4.78 is 39.9. The maximum absolute atomic E-state index is 12.0. The van der Waals surface area contributed by atoms with Crippen molar-refractivity contribution >= 4 is 5.69 Å². The Morgan fingerprint density at radius 3 is 2.16 bits per heavy atom. The van der Waals surface area contributed by atoms with Crippen molar-refractivity contribution in [1.29, 1.82) is 0 Å². The van der Waals surface area contributed by atoms with Crippen molar-refractivity contribution in [2.75, 3.05) is 5.73 Å². The molecule has 0 saturated carbocycles. The van der Waals surface area contributed by atoms with Gasteiger partial charge in [0.05, 0.1) is 0 Å². The topological polar surface area (TPSA) is 35.2 Å². The maximum atomic E-state index is 12.0. The molecule has 5 heteroatoms. The van der Waals surface area contributed by atoms with E-state index in [1.165, 1.54) is 12.1 Å². The first-order valence-corrected chi connectivity index (χ1v) is 5.57. The first kappa shape index (κ1) is 13.3. The summed E-state index contributed by atoms with van der Waals surface area (Å²) >= 11 is 0. The second kappa shape index (κ2) is 4.84. The van der Waals surface area contributed by atoms with Crippen molar-refractivity contribution in [2.45, 2.75) is 13.3 Å². The summed E-state index contributed by atoms with van der Waals surface area (Å²) in [6.45, 7) is 1.89. The van der Waals surface area contributed by atoms with Crippen LogP contribution in [0.3, 0.4) is 0 Å². The number of aryl methyl sites for hydroxylation is 1. The zero-order valence-electron chi connectivity index (χ0n) is 10.2. The number of alkyl halides is 3. The fraction of sp³-hybridized carbons (Fsp3) is 0.143. The van der Waals surface area contributed by atoms with Gasteiger partial charge in [-0.15, -0.1) is 13.2 Å². The summed E-state index contributed by atoms with van der Waals surface area (Å²) in [5.41, 5.74) is 9.00. The summed E-state index contributed by atoms with van der Waals surface area (Å²) in [5, 5.41) is 0. The van der Waals surface area contributed by atoms with Gasteiger partial charge >= 0.3 is 6.36 Å². The smallest absolute Gasteiger partial charge is 0.406 e. The van der Waals surface area contributed by atoms with E-state index in [1.807, 2.05) is 19.1 Å². The van der Waals surface area contributed by atoms with Crippen LogP contribution in [0.5, 0.6) is 5.75 Å². The van der Waals surface area contributed by atoms with Gasteiger partial charge in [0.2, 0.25) is 0 Å². The molecule has 19 heavy (non-hydrogen) atoms. The second-order valence-corrected chi connectivity index (χ2v) is 4.15. The van der Waals surface area contributed by atoms with Gasteiger partial charge < -0.3 is 10.5 Å². The lowest BCUT2D eigenvalue weighted by Gasteiger charge is -2.10. The van der Waals surface area contributed by atoms with E-state index >= 15 is 0 Å². The van der Waals surface area contributed by atoms with E-state index in [4.69, 9.17) is 5.73 Å². The lowest BCUT2D eigenvalue weighted by molar-refractivity contribution is -0.274. The van der Waals surface area contributed by atoms with Gasteiger partial charge in [0.15, 0.2) is 0 Å². The normalized spacial score (nSPS) is 11.4. The number of hydrogen-bond acceptors (Lipinski definition) is 2. The third-order valence-corrected chi connectivity index (χ3v) is 2.65. The number of benzene rings is 2. The summed E-state index contributed by atoms with van der Waals surface area (Å²) in [6.07, 6.45) is -4.67. The molecule has 2 rings (SSSR count). The van der Waals surface area contributed by atoms with Crippen molar-refractivity contribution in [1.82, 2.24) is 0 Å². The standard InChI is InChI=1S/C14H12F3NO/c1-9-8-11(18)4-7-13(9)10-2-5-12(6-3-10)19-14(15,16)17/h2-8H,18H2,1H3. The van der Waals surface area contributed by atoms with Crippen molar-refractivity contribution in [2.24, 2.45) is 0 Å². The summed E-state index contributed by atoms with van der Waals surface area (Å²) in [7, 11) is 0. The lowest BCUT2D eigenvalue weighted by atomic mass is 10.00. The highest BCUT2D eigenvalue weighted by atomic mass is 19.4. The Morgan fingerprint density at radius 1 is 1.00 bits per heavy atom. The van der Waals surface area contributed by atoms with Gasteiger partial charge in [-0.2, -0.15) is 0 Å². The minimum atomic E-state index is -4.67. The molecule has 100 valence electrons. The number of nitrogen functional groups attached to an aromatic ring is 1. The first-order chi connectivity index (χ1) is 8.85. The Morgan fingerprint density at radius 2 is 1.63 bits per heavy atom. The molecule has 0 radical (unpaired) electrons. The molecule has 0 fully saturated rings. The molecule has 0 saturated heterocycles. The third-order valence-electron chi connectivity index (χ3n) is 2.65. The van der Waals surface area contributed by atoms with Gasteiger partial charge in [-0.3, -0.25) is 0 Å². The molecule has 0 aliphatic rings. The third kappa shape index (κ3) is 3.40. The molecule has 2 nitrogen and oxygen atoms in total. The Bertz CT molecular complexity index is 576. The van der Waals surface area contributed by atoms with Crippen LogP contribution in [-0.4, -0.2) is 6.36 Å². The largest absolute Gasteiger partial charge is 0.573 e. The molecular weight excluding hydrogens is 255 g/mol. The zero-order valence-corrected chi connectivity index (χ0v) is 10.2. The molecule has 2 N–H and O–H groups in total. The SMILES string of the molecule is Cc1cc(N)ccc1-c1ccc(OC(F)(F)F)cc1. The predicted molar refractivity (Wildman–Crippen MR) is 67.7 cm³/mol. The predicted octanol–water partition coefficient (Wildman–Crippen LogP) is 4.14. The minimum Gasteiger partial charge on any atom is -0.406 e. The molecule has 2 aromatic rings. The van der Waals surface area contributed by atoms with Crippen LogP contribution in [-0.2, 0) is 0 Å². The van der Waals surface area contributed by atoms with Crippen LogP contribution in [0.4, 0.5) is 18.9 Å². The van der Waals surface area contributed by atoms with E-state index in [2.05, 4.69) is 4.74 Å². The van der Waals surface area contributed by atoms with Crippen LogP contribution in [0, 0.1) is 6.92 Å². The highest BCUT2D eigenvalue weighted by Crippen LogP contribution is 2.28. The number of ether oxygens (including phenoxy) is 1. The van der Waals surface area contributed by atoms with Crippen LogP contribution in [0.15, 0.2) is 42.5 Å². The highest BCUT2D eigenvalue weighted by Gasteiger charge is 2.30. The van der Waals surface area contributed by atoms with E-state index in [1.54, 1.807) is 18.2 Å².